The first-order valence-corrected chi connectivity index (χ1v) is 8.95. The van der Waals surface area contributed by atoms with E-state index in [1.165, 1.54) is 11.3 Å². The zero-order valence-electron chi connectivity index (χ0n) is 13.8. The molecule has 0 unspecified atom stereocenters. The van der Waals surface area contributed by atoms with Crippen molar-refractivity contribution in [3.63, 3.8) is 0 Å². The van der Waals surface area contributed by atoms with Crippen molar-refractivity contribution in [1.29, 1.82) is 0 Å². The number of amides is 1. The van der Waals surface area contributed by atoms with E-state index in [4.69, 9.17) is 0 Å². The first-order chi connectivity index (χ1) is 12.2. The Morgan fingerprint density at radius 2 is 1.76 bits per heavy atom. The topological polar surface area (TPSA) is 37.6 Å². The third-order valence-electron chi connectivity index (χ3n) is 4.14. The van der Waals surface area contributed by atoms with Gasteiger partial charge in [-0.05, 0) is 24.6 Å². The van der Waals surface area contributed by atoms with Crippen molar-refractivity contribution in [2.24, 2.45) is 0 Å². The predicted octanol–water partition coefficient (Wildman–Crippen LogP) is 4.55. The first-order valence-electron chi connectivity index (χ1n) is 8.07. The lowest BCUT2D eigenvalue weighted by molar-refractivity contribution is 0.0979. The second-order valence-electron chi connectivity index (χ2n) is 5.81. The average Bonchev–Trinajstić information content (AvgIpc) is 3.21. The van der Waals surface area contributed by atoms with E-state index in [9.17, 15) is 4.79 Å². The lowest BCUT2D eigenvalue weighted by Crippen LogP contribution is -2.31. The smallest absolute Gasteiger partial charge is 0.277 e. The molecular formula is C20H17N3OS. The van der Waals surface area contributed by atoms with Crippen molar-refractivity contribution in [1.82, 2.24) is 9.38 Å². The first kappa shape index (κ1) is 15.6. The minimum Gasteiger partial charge on any atom is -0.303 e. The van der Waals surface area contributed by atoms with E-state index in [-0.39, 0.29) is 5.91 Å². The summed E-state index contributed by atoms with van der Waals surface area (Å²) >= 11 is 1.53. The van der Waals surface area contributed by atoms with E-state index in [1.54, 1.807) is 0 Å². The molecule has 0 saturated heterocycles. The zero-order chi connectivity index (χ0) is 17.2. The number of para-hydroxylation sites is 1. The maximum Gasteiger partial charge on any atom is 0.277 e. The van der Waals surface area contributed by atoms with E-state index >= 15 is 0 Å². The predicted molar refractivity (Wildman–Crippen MR) is 101 cm³/mol. The summed E-state index contributed by atoms with van der Waals surface area (Å²) in [6.07, 6.45) is 1.90. The maximum atomic E-state index is 13.4. The van der Waals surface area contributed by atoms with Crippen LogP contribution < -0.4 is 4.90 Å². The number of imidazole rings is 1. The Morgan fingerprint density at radius 1 is 1.08 bits per heavy atom. The lowest BCUT2D eigenvalue weighted by atomic mass is 10.1. The molecule has 2 heterocycles. The minimum atomic E-state index is -0.0431. The highest BCUT2D eigenvalue weighted by atomic mass is 32.1. The molecule has 0 bridgehead atoms. The molecule has 0 atom stereocenters. The number of carbonyl (C=O) groups is 1. The summed E-state index contributed by atoms with van der Waals surface area (Å²) in [5.74, 6) is -0.0431. The van der Waals surface area contributed by atoms with Gasteiger partial charge in [-0.15, -0.1) is 11.3 Å². The second kappa shape index (κ2) is 6.53. The van der Waals surface area contributed by atoms with Crippen LogP contribution in [0.3, 0.4) is 0 Å². The summed E-state index contributed by atoms with van der Waals surface area (Å²) in [5.41, 5.74) is 3.34. The summed E-state index contributed by atoms with van der Waals surface area (Å²) in [5, 5.41) is 1.95. The van der Waals surface area contributed by atoms with Gasteiger partial charge in [0.2, 0.25) is 0 Å². The summed E-state index contributed by atoms with van der Waals surface area (Å²) in [6.45, 7) is 2.40. The third kappa shape index (κ3) is 2.94. The summed E-state index contributed by atoms with van der Waals surface area (Å²) in [4.78, 5) is 20.6. The molecule has 124 valence electrons. The van der Waals surface area contributed by atoms with Crippen molar-refractivity contribution in [2.45, 2.75) is 13.5 Å². The zero-order valence-corrected chi connectivity index (χ0v) is 14.6. The van der Waals surface area contributed by atoms with Crippen molar-refractivity contribution < 1.29 is 4.79 Å². The summed E-state index contributed by atoms with van der Waals surface area (Å²) in [6, 6.07) is 19.8. The van der Waals surface area contributed by atoms with Gasteiger partial charge in [0.15, 0.2) is 4.96 Å². The molecule has 2 aromatic heterocycles. The van der Waals surface area contributed by atoms with Gasteiger partial charge in [0.05, 0.1) is 12.2 Å². The van der Waals surface area contributed by atoms with E-state index in [0.29, 0.717) is 12.2 Å². The fraction of sp³-hybridized carbons (Fsp3) is 0.100. The normalized spacial score (nSPS) is 10.9. The molecule has 1 amide bonds. The van der Waals surface area contributed by atoms with Crippen LogP contribution in [0, 0.1) is 6.92 Å². The van der Waals surface area contributed by atoms with Crippen LogP contribution in [0.2, 0.25) is 0 Å². The Bertz CT molecular complexity index is 1010. The number of aromatic nitrogens is 2. The van der Waals surface area contributed by atoms with Crippen LogP contribution in [0.25, 0.3) is 4.96 Å². The molecule has 0 aliphatic rings. The number of hydrogen-bond acceptors (Lipinski definition) is 3. The molecule has 0 saturated carbocycles. The van der Waals surface area contributed by atoms with Crippen LogP contribution in [-0.4, -0.2) is 15.3 Å². The lowest BCUT2D eigenvalue weighted by Gasteiger charge is -2.23. The third-order valence-corrected chi connectivity index (χ3v) is 4.89. The molecular weight excluding hydrogens is 330 g/mol. The van der Waals surface area contributed by atoms with Gasteiger partial charge in [-0.2, -0.15) is 0 Å². The van der Waals surface area contributed by atoms with Gasteiger partial charge in [-0.1, -0.05) is 48.5 Å². The molecule has 5 heteroatoms. The number of hydrogen-bond donors (Lipinski definition) is 0. The van der Waals surface area contributed by atoms with Crippen molar-refractivity contribution in [3.8, 4) is 0 Å². The second-order valence-corrected chi connectivity index (χ2v) is 6.69. The van der Waals surface area contributed by atoms with E-state index in [0.717, 1.165) is 21.9 Å². The molecule has 4 nitrogen and oxygen atoms in total. The highest BCUT2D eigenvalue weighted by Crippen LogP contribution is 2.23. The van der Waals surface area contributed by atoms with Gasteiger partial charge in [0.1, 0.15) is 5.69 Å². The van der Waals surface area contributed by atoms with Crippen LogP contribution in [0.5, 0.6) is 0 Å². The molecule has 25 heavy (non-hydrogen) atoms. The standard InChI is InChI=1S/C20H17N3OS/c1-15-18(22-12-13-25-20(22)21-15)19(24)23(17-10-6-3-7-11-17)14-16-8-4-2-5-9-16/h2-13H,14H2,1H3. The number of anilines is 1. The van der Waals surface area contributed by atoms with Crippen molar-refractivity contribution in [2.75, 3.05) is 4.90 Å². The van der Waals surface area contributed by atoms with Gasteiger partial charge >= 0.3 is 0 Å². The number of aryl methyl sites for hydroxylation is 1. The van der Waals surface area contributed by atoms with Gasteiger partial charge in [-0.25, -0.2) is 4.98 Å². The number of rotatable bonds is 4. The monoisotopic (exact) mass is 347 g/mol. The summed E-state index contributed by atoms with van der Waals surface area (Å²) < 4.78 is 1.88. The van der Waals surface area contributed by atoms with E-state index in [2.05, 4.69) is 4.98 Å². The fourth-order valence-electron chi connectivity index (χ4n) is 2.93. The maximum absolute atomic E-state index is 13.4. The Kier molecular flexibility index (Phi) is 4.07. The van der Waals surface area contributed by atoms with Crippen molar-refractivity contribution in [3.05, 3.63) is 89.2 Å². The number of thiazole rings is 1. The highest BCUT2D eigenvalue weighted by molar-refractivity contribution is 7.15. The van der Waals surface area contributed by atoms with E-state index in [1.807, 2.05) is 88.5 Å². The van der Waals surface area contributed by atoms with Gasteiger partial charge in [0, 0.05) is 17.3 Å². The molecule has 2 aromatic carbocycles. The van der Waals surface area contributed by atoms with Crippen LogP contribution in [0.4, 0.5) is 5.69 Å². The molecule has 0 aliphatic carbocycles. The van der Waals surface area contributed by atoms with E-state index < -0.39 is 0 Å². The largest absolute Gasteiger partial charge is 0.303 e. The Labute approximate surface area is 150 Å². The van der Waals surface area contributed by atoms with Crippen LogP contribution >= 0.6 is 11.3 Å². The van der Waals surface area contributed by atoms with Crippen LogP contribution in [0.15, 0.2) is 72.2 Å². The van der Waals surface area contributed by atoms with Crippen LogP contribution in [0.1, 0.15) is 21.7 Å². The molecule has 0 spiro atoms. The molecule has 0 fully saturated rings. The molecule has 4 rings (SSSR count). The fourth-order valence-corrected chi connectivity index (χ4v) is 3.69. The SMILES string of the molecule is Cc1nc2sccn2c1C(=O)N(Cc1ccccc1)c1ccccc1. The molecule has 0 radical (unpaired) electrons. The molecule has 0 N–H and O–H groups in total. The Hall–Kier alpha value is -2.92. The van der Waals surface area contributed by atoms with Gasteiger partial charge in [0.25, 0.3) is 5.91 Å². The van der Waals surface area contributed by atoms with Gasteiger partial charge in [-0.3, -0.25) is 9.20 Å². The Morgan fingerprint density at radius 3 is 2.48 bits per heavy atom. The van der Waals surface area contributed by atoms with Gasteiger partial charge < -0.3 is 4.90 Å². The quantitative estimate of drug-likeness (QED) is 0.543. The molecule has 0 aliphatic heterocycles. The minimum absolute atomic E-state index is 0.0431. The number of carbonyl (C=O) groups excluding carboxylic acids is 1. The van der Waals surface area contributed by atoms with Crippen molar-refractivity contribution >= 4 is 27.9 Å². The Balaban J connectivity index is 1.78. The number of benzene rings is 2. The summed E-state index contributed by atoms with van der Waals surface area (Å²) in [7, 11) is 0. The highest BCUT2D eigenvalue weighted by Gasteiger charge is 2.24. The number of fused-ring (bicyclic) bond motifs is 1. The average molecular weight is 347 g/mol. The van der Waals surface area contributed by atoms with Crippen LogP contribution in [-0.2, 0) is 6.54 Å². The number of nitrogens with zero attached hydrogens (tertiary/aromatic N) is 3. The molecule has 4 aromatic rings.